The minimum Gasteiger partial charge on any atom is -0.368 e. The molecule has 2 aromatic carbocycles. The summed E-state index contributed by atoms with van der Waals surface area (Å²) in [6.07, 6.45) is 0.180. The van der Waals surface area contributed by atoms with Gasteiger partial charge in [-0.1, -0.05) is 23.7 Å². The second kappa shape index (κ2) is 8.04. The summed E-state index contributed by atoms with van der Waals surface area (Å²) < 4.78 is 27.3. The molecule has 1 fully saturated rings. The molecule has 0 unspecified atom stereocenters. The molecule has 1 aliphatic heterocycles. The minimum absolute atomic E-state index is 0.0194. The van der Waals surface area contributed by atoms with Crippen molar-refractivity contribution in [3.8, 4) is 0 Å². The van der Waals surface area contributed by atoms with Gasteiger partial charge in [0.1, 0.15) is 11.6 Å². The van der Waals surface area contributed by atoms with Gasteiger partial charge < -0.3 is 9.80 Å². The highest BCUT2D eigenvalue weighted by molar-refractivity contribution is 6.30. The fourth-order valence-electron chi connectivity index (χ4n) is 3.28. The number of piperazine rings is 1. The summed E-state index contributed by atoms with van der Waals surface area (Å²) in [5.41, 5.74) is 2.20. The molecule has 0 aliphatic carbocycles. The Balaban J connectivity index is 1.56. The van der Waals surface area contributed by atoms with Crippen LogP contribution in [0.25, 0.3) is 0 Å². The van der Waals surface area contributed by atoms with Crippen LogP contribution in [-0.2, 0) is 11.2 Å². The van der Waals surface area contributed by atoms with Crippen LogP contribution in [0.3, 0.4) is 0 Å². The molecule has 2 aromatic rings. The molecule has 0 atom stereocenters. The third-order valence-corrected chi connectivity index (χ3v) is 5.03. The van der Waals surface area contributed by atoms with Crippen LogP contribution in [0.5, 0.6) is 0 Å². The number of nitrogens with zero attached hydrogens (tertiary/aromatic N) is 2. The van der Waals surface area contributed by atoms with Crippen molar-refractivity contribution in [2.75, 3.05) is 31.1 Å². The standard InChI is InChI=1S/C20H21ClF2N2O/c1-14-5-6-15(21)13-19(14)24-9-11-25(12-10-24)20(26)8-7-16-17(22)3-2-4-18(16)23/h2-6,13H,7-12H2,1H3. The predicted octanol–water partition coefficient (Wildman–Crippen LogP) is 4.21. The summed E-state index contributed by atoms with van der Waals surface area (Å²) in [6.45, 7) is 4.63. The van der Waals surface area contributed by atoms with Gasteiger partial charge in [0.25, 0.3) is 0 Å². The highest BCUT2D eigenvalue weighted by Gasteiger charge is 2.22. The molecule has 3 nitrogen and oxygen atoms in total. The Labute approximate surface area is 157 Å². The fourth-order valence-corrected chi connectivity index (χ4v) is 3.45. The van der Waals surface area contributed by atoms with Crippen LogP contribution in [-0.4, -0.2) is 37.0 Å². The Morgan fingerprint density at radius 1 is 1.08 bits per heavy atom. The molecule has 1 aliphatic rings. The fraction of sp³-hybridized carbons (Fsp3) is 0.350. The van der Waals surface area contributed by atoms with Gasteiger partial charge in [0.15, 0.2) is 0 Å². The quantitative estimate of drug-likeness (QED) is 0.795. The maximum Gasteiger partial charge on any atom is 0.223 e. The number of amides is 1. The Hall–Kier alpha value is -2.14. The van der Waals surface area contributed by atoms with Crippen molar-refractivity contribution >= 4 is 23.2 Å². The summed E-state index contributed by atoms with van der Waals surface area (Å²) in [4.78, 5) is 16.4. The van der Waals surface area contributed by atoms with Crippen LogP contribution in [0.4, 0.5) is 14.5 Å². The summed E-state index contributed by atoms with van der Waals surface area (Å²) in [5, 5.41) is 0.691. The molecule has 0 aromatic heterocycles. The van der Waals surface area contributed by atoms with Gasteiger partial charge in [-0.2, -0.15) is 0 Å². The first kappa shape index (κ1) is 18.6. The van der Waals surface area contributed by atoms with Crippen LogP contribution in [0, 0.1) is 18.6 Å². The maximum absolute atomic E-state index is 13.7. The van der Waals surface area contributed by atoms with Gasteiger partial charge >= 0.3 is 0 Å². The zero-order valence-electron chi connectivity index (χ0n) is 14.6. The van der Waals surface area contributed by atoms with E-state index in [0.29, 0.717) is 31.2 Å². The smallest absolute Gasteiger partial charge is 0.223 e. The highest BCUT2D eigenvalue weighted by atomic mass is 35.5. The van der Waals surface area contributed by atoms with Crippen molar-refractivity contribution in [3.05, 3.63) is 64.2 Å². The van der Waals surface area contributed by atoms with Crippen molar-refractivity contribution < 1.29 is 13.6 Å². The average molecular weight is 379 g/mol. The molecule has 1 heterocycles. The number of aryl methyl sites for hydroxylation is 1. The number of benzene rings is 2. The molecular formula is C20H21ClF2N2O. The second-order valence-electron chi connectivity index (χ2n) is 6.50. The van der Waals surface area contributed by atoms with E-state index in [-0.39, 0.29) is 24.3 Å². The number of anilines is 1. The zero-order chi connectivity index (χ0) is 18.7. The molecule has 0 bridgehead atoms. The molecule has 1 saturated heterocycles. The molecule has 138 valence electrons. The van der Waals surface area contributed by atoms with Gasteiger partial charge in [-0.25, -0.2) is 8.78 Å². The van der Waals surface area contributed by atoms with Crippen LogP contribution in [0.1, 0.15) is 17.5 Å². The van der Waals surface area contributed by atoms with Gasteiger partial charge in [-0.05, 0) is 43.2 Å². The second-order valence-corrected chi connectivity index (χ2v) is 6.94. The van der Waals surface area contributed by atoms with E-state index in [2.05, 4.69) is 4.90 Å². The normalized spacial score (nSPS) is 14.6. The zero-order valence-corrected chi connectivity index (χ0v) is 15.4. The van der Waals surface area contributed by atoms with E-state index in [1.54, 1.807) is 4.90 Å². The lowest BCUT2D eigenvalue weighted by Crippen LogP contribution is -2.49. The lowest BCUT2D eigenvalue weighted by molar-refractivity contribution is -0.131. The van der Waals surface area contributed by atoms with Crippen molar-refractivity contribution in [2.45, 2.75) is 19.8 Å². The number of hydrogen-bond acceptors (Lipinski definition) is 2. The maximum atomic E-state index is 13.7. The molecule has 0 radical (unpaired) electrons. The van der Waals surface area contributed by atoms with Crippen molar-refractivity contribution in [3.63, 3.8) is 0 Å². The van der Waals surface area contributed by atoms with Crippen LogP contribution in [0.2, 0.25) is 5.02 Å². The number of carbonyl (C=O) groups excluding carboxylic acids is 1. The van der Waals surface area contributed by atoms with Crippen molar-refractivity contribution in [1.29, 1.82) is 0 Å². The monoisotopic (exact) mass is 378 g/mol. The summed E-state index contributed by atoms with van der Waals surface area (Å²) >= 11 is 6.09. The van der Waals surface area contributed by atoms with Crippen LogP contribution >= 0.6 is 11.6 Å². The van der Waals surface area contributed by atoms with Crippen molar-refractivity contribution in [2.24, 2.45) is 0 Å². The van der Waals surface area contributed by atoms with E-state index in [4.69, 9.17) is 11.6 Å². The molecular weight excluding hydrogens is 358 g/mol. The van der Waals surface area contributed by atoms with E-state index in [9.17, 15) is 13.6 Å². The lowest BCUT2D eigenvalue weighted by Gasteiger charge is -2.37. The van der Waals surface area contributed by atoms with Gasteiger partial charge in [0.05, 0.1) is 0 Å². The third kappa shape index (κ3) is 4.15. The Bertz CT molecular complexity index is 784. The first-order valence-electron chi connectivity index (χ1n) is 8.67. The summed E-state index contributed by atoms with van der Waals surface area (Å²) in [6, 6.07) is 9.55. The Morgan fingerprint density at radius 2 is 1.73 bits per heavy atom. The van der Waals surface area contributed by atoms with E-state index in [1.165, 1.54) is 18.2 Å². The Kier molecular flexibility index (Phi) is 5.77. The first-order chi connectivity index (χ1) is 12.5. The summed E-state index contributed by atoms with van der Waals surface area (Å²) in [5.74, 6) is -1.27. The SMILES string of the molecule is Cc1ccc(Cl)cc1N1CCN(C(=O)CCc2c(F)cccc2F)CC1. The minimum atomic E-state index is -0.598. The third-order valence-electron chi connectivity index (χ3n) is 4.79. The molecule has 3 rings (SSSR count). The van der Waals surface area contributed by atoms with Crippen LogP contribution < -0.4 is 4.90 Å². The number of halogens is 3. The predicted molar refractivity (Wildman–Crippen MR) is 99.7 cm³/mol. The van der Waals surface area contributed by atoms with Gasteiger partial charge in [-0.3, -0.25) is 4.79 Å². The van der Waals surface area contributed by atoms with E-state index < -0.39 is 11.6 Å². The molecule has 0 N–H and O–H groups in total. The lowest BCUT2D eigenvalue weighted by atomic mass is 10.1. The molecule has 26 heavy (non-hydrogen) atoms. The Morgan fingerprint density at radius 3 is 2.38 bits per heavy atom. The average Bonchev–Trinajstić information content (AvgIpc) is 2.63. The van der Waals surface area contributed by atoms with E-state index >= 15 is 0 Å². The molecule has 6 heteroatoms. The highest BCUT2D eigenvalue weighted by Crippen LogP contribution is 2.25. The van der Waals surface area contributed by atoms with Gasteiger partial charge in [0, 0.05) is 48.9 Å². The first-order valence-corrected chi connectivity index (χ1v) is 9.05. The van der Waals surface area contributed by atoms with Gasteiger partial charge in [-0.15, -0.1) is 0 Å². The largest absolute Gasteiger partial charge is 0.368 e. The molecule has 0 saturated carbocycles. The molecule has 1 amide bonds. The van der Waals surface area contributed by atoms with E-state index in [1.807, 2.05) is 25.1 Å². The number of carbonyl (C=O) groups is 1. The number of hydrogen-bond donors (Lipinski definition) is 0. The van der Waals surface area contributed by atoms with E-state index in [0.717, 1.165) is 11.3 Å². The number of rotatable bonds is 4. The van der Waals surface area contributed by atoms with Crippen molar-refractivity contribution in [1.82, 2.24) is 4.90 Å². The summed E-state index contributed by atoms with van der Waals surface area (Å²) in [7, 11) is 0. The van der Waals surface area contributed by atoms with Gasteiger partial charge in [0.2, 0.25) is 5.91 Å². The molecule has 0 spiro atoms. The van der Waals surface area contributed by atoms with Crippen LogP contribution in [0.15, 0.2) is 36.4 Å². The topological polar surface area (TPSA) is 23.6 Å².